The Morgan fingerprint density at radius 1 is 1.15 bits per heavy atom. The van der Waals surface area contributed by atoms with Gasteiger partial charge in [0.15, 0.2) is 0 Å². The maximum absolute atomic E-state index is 13.1. The predicted molar refractivity (Wildman–Crippen MR) is 123 cm³/mol. The van der Waals surface area contributed by atoms with Gasteiger partial charge in [0.25, 0.3) is 17.4 Å². The van der Waals surface area contributed by atoms with Crippen molar-refractivity contribution in [1.82, 2.24) is 9.80 Å². The summed E-state index contributed by atoms with van der Waals surface area (Å²) >= 11 is 0. The first-order valence-corrected chi connectivity index (χ1v) is 10.7. The van der Waals surface area contributed by atoms with E-state index in [1.54, 1.807) is 30.3 Å². The second-order valence-electron chi connectivity index (χ2n) is 7.60. The quantitative estimate of drug-likeness (QED) is 0.204. The highest BCUT2D eigenvalue weighted by atomic mass is 16.6. The number of rotatable bonds is 9. The van der Waals surface area contributed by atoms with Crippen molar-refractivity contribution in [2.24, 2.45) is 0 Å². The van der Waals surface area contributed by atoms with Gasteiger partial charge >= 0.3 is 0 Å². The van der Waals surface area contributed by atoms with Crippen LogP contribution in [0, 0.1) is 10.1 Å². The van der Waals surface area contributed by atoms with Gasteiger partial charge < -0.3 is 19.6 Å². The third kappa shape index (κ3) is 4.88. The Hall–Kier alpha value is -3.72. The number of carbonyl (C=O) groups is 2. The lowest BCUT2D eigenvalue weighted by Crippen LogP contribution is -2.38. The molecule has 0 saturated carbocycles. The molecule has 1 atom stereocenters. The van der Waals surface area contributed by atoms with Crippen molar-refractivity contribution in [3.63, 3.8) is 0 Å². The standard InChI is InChI=1S/C24H27N3O6/c1-4-25(5-2)13-14-26-21(17-7-6-8-18(15-17)27(31)32)20(23(29)24(26)30)22(28)16-9-11-19(33-3)12-10-16/h6-12,15,21,28H,4-5,13-14H2,1-3H3. The average Bonchev–Trinajstić information content (AvgIpc) is 3.09. The van der Waals surface area contributed by atoms with Gasteiger partial charge in [0.2, 0.25) is 0 Å². The topological polar surface area (TPSA) is 113 Å². The summed E-state index contributed by atoms with van der Waals surface area (Å²) in [6.07, 6.45) is 0. The van der Waals surface area contributed by atoms with Crippen molar-refractivity contribution in [3.8, 4) is 5.75 Å². The molecule has 1 unspecified atom stereocenters. The molecule has 0 spiro atoms. The number of nitro benzene ring substituents is 1. The molecular formula is C24H27N3O6. The second kappa shape index (κ2) is 10.3. The Bertz CT molecular complexity index is 1080. The largest absolute Gasteiger partial charge is 0.507 e. The molecular weight excluding hydrogens is 426 g/mol. The Labute approximate surface area is 192 Å². The summed E-state index contributed by atoms with van der Waals surface area (Å²) in [4.78, 5) is 40.4. The van der Waals surface area contributed by atoms with Crippen molar-refractivity contribution in [2.45, 2.75) is 19.9 Å². The lowest BCUT2D eigenvalue weighted by Gasteiger charge is -2.28. The van der Waals surface area contributed by atoms with Crippen LogP contribution in [0.3, 0.4) is 0 Å². The van der Waals surface area contributed by atoms with Crippen molar-refractivity contribution in [1.29, 1.82) is 0 Å². The number of aliphatic hydroxyl groups is 1. The number of aliphatic hydroxyl groups excluding tert-OH is 1. The van der Waals surface area contributed by atoms with Crippen LogP contribution in [0.1, 0.15) is 31.0 Å². The van der Waals surface area contributed by atoms with Gasteiger partial charge in [0.05, 0.1) is 23.6 Å². The van der Waals surface area contributed by atoms with Crippen molar-refractivity contribution in [2.75, 3.05) is 33.3 Å². The van der Waals surface area contributed by atoms with Crippen LogP contribution in [0.2, 0.25) is 0 Å². The zero-order valence-electron chi connectivity index (χ0n) is 18.9. The lowest BCUT2D eigenvalue weighted by molar-refractivity contribution is -0.384. The fourth-order valence-electron chi connectivity index (χ4n) is 3.96. The normalized spacial score (nSPS) is 17.6. The zero-order chi connectivity index (χ0) is 24.1. The van der Waals surface area contributed by atoms with Crippen LogP contribution in [-0.4, -0.2) is 64.8 Å². The van der Waals surface area contributed by atoms with Crippen LogP contribution in [0.5, 0.6) is 5.75 Å². The fraction of sp³-hybridized carbons (Fsp3) is 0.333. The number of hydrogen-bond donors (Lipinski definition) is 1. The molecule has 1 N–H and O–H groups in total. The summed E-state index contributed by atoms with van der Waals surface area (Å²) in [6, 6.07) is 11.3. The zero-order valence-corrected chi connectivity index (χ0v) is 18.9. The number of amides is 1. The molecule has 9 nitrogen and oxygen atoms in total. The Morgan fingerprint density at radius 3 is 2.39 bits per heavy atom. The number of hydrogen-bond acceptors (Lipinski definition) is 7. The number of nitrogens with zero attached hydrogens (tertiary/aromatic N) is 3. The van der Waals surface area contributed by atoms with Crippen molar-refractivity contribution in [3.05, 3.63) is 75.3 Å². The van der Waals surface area contributed by atoms with Crippen LogP contribution in [0.25, 0.3) is 5.76 Å². The third-order valence-corrected chi connectivity index (χ3v) is 5.85. The minimum Gasteiger partial charge on any atom is -0.507 e. The van der Waals surface area contributed by atoms with E-state index in [4.69, 9.17) is 4.74 Å². The summed E-state index contributed by atoms with van der Waals surface area (Å²) in [5, 5.41) is 22.4. The maximum Gasteiger partial charge on any atom is 0.295 e. The molecule has 1 heterocycles. The number of likely N-dealkylation sites (N-methyl/N-ethyl adjacent to an activating group) is 1. The molecule has 1 aliphatic rings. The number of likely N-dealkylation sites (tertiary alicyclic amines) is 1. The molecule has 1 amide bonds. The molecule has 174 valence electrons. The van der Waals surface area contributed by atoms with Gasteiger partial charge in [-0.05, 0) is 42.9 Å². The second-order valence-corrected chi connectivity index (χ2v) is 7.60. The number of ketones is 1. The van der Waals surface area contributed by atoms with E-state index in [0.29, 0.717) is 23.4 Å². The van der Waals surface area contributed by atoms with Crippen LogP contribution in [-0.2, 0) is 9.59 Å². The van der Waals surface area contributed by atoms with Gasteiger partial charge in [-0.25, -0.2) is 0 Å². The van der Waals surface area contributed by atoms with Crippen molar-refractivity contribution >= 4 is 23.1 Å². The smallest absolute Gasteiger partial charge is 0.295 e. The molecule has 0 aliphatic carbocycles. The molecule has 2 aromatic carbocycles. The third-order valence-electron chi connectivity index (χ3n) is 5.85. The molecule has 3 rings (SSSR count). The predicted octanol–water partition coefficient (Wildman–Crippen LogP) is 3.37. The van der Waals surface area contributed by atoms with Gasteiger partial charge in [0.1, 0.15) is 11.5 Å². The van der Waals surface area contributed by atoms with Crippen LogP contribution < -0.4 is 4.74 Å². The molecule has 2 aromatic rings. The summed E-state index contributed by atoms with van der Waals surface area (Å²) < 4.78 is 5.14. The molecule has 9 heteroatoms. The molecule has 1 aliphatic heterocycles. The van der Waals surface area contributed by atoms with E-state index < -0.39 is 22.7 Å². The number of non-ortho nitro benzene ring substituents is 1. The Balaban J connectivity index is 2.13. The number of methoxy groups -OCH3 is 1. The first kappa shape index (κ1) is 23.9. The van der Waals surface area contributed by atoms with Crippen LogP contribution in [0.4, 0.5) is 5.69 Å². The van der Waals surface area contributed by atoms with Gasteiger partial charge in [-0.2, -0.15) is 0 Å². The SMILES string of the molecule is CCN(CC)CCN1C(=O)C(=O)C(=C(O)c2ccc(OC)cc2)C1c1cccc([N+](=O)[O-])c1. The highest BCUT2D eigenvalue weighted by Crippen LogP contribution is 2.40. The monoisotopic (exact) mass is 453 g/mol. The molecule has 0 aromatic heterocycles. The van der Waals surface area contributed by atoms with Crippen LogP contribution >= 0.6 is 0 Å². The highest BCUT2D eigenvalue weighted by Gasteiger charge is 2.46. The Kier molecular flexibility index (Phi) is 7.44. The summed E-state index contributed by atoms with van der Waals surface area (Å²) in [5.74, 6) is -1.33. The van der Waals surface area contributed by atoms with Gasteiger partial charge in [-0.3, -0.25) is 19.7 Å². The number of benzene rings is 2. The number of carbonyl (C=O) groups excluding carboxylic acids is 2. The molecule has 33 heavy (non-hydrogen) atoms. The minimum absolute atomic E-state index is 0.0924. The number of nitro groups is 1. The fourth-order valence-corrected chi connectivity index (χ4v) is 3.96. The maximum atomic E-state index is 13.1. The lowest BCUT2D eigenvalue weighted by atomic mass is 9.95. The van der Waals surface area contributed by atoms with E-state index >= 15 is 0 Å². The number of ether oxygens (including phenoxy) is 1. The molecule has 0 radical (unpaired) electrons. The average molecular weight is 453 g/mol. The van der Waals surface area contributed by atoms with Gasteiger partial charge in [-0.1, -0.05) is 26.0 Å². The van der Waals surface area contributed by atoms with E-state index in [9.17, 15) is 24.8 Å². The molecule has 1 fully saturated rings. The van der Waals surface area contributed by atoms with E-state index in [1.165, 1.54) is 30.2 Å². The molecule has 1 saturated heterocycles. The van der Waals surface area contributed by atoms with Crippen LogP contribution in [0.15, 0.2) is 54.1 Å². The highest BCUT2D eigenvalue weighted by molar-refractivity contribution is 6.46. The summed E-state index contributed by atoms with van der Waals surface area (Å²) in [7, 11) is 1.51. The van der Waals surface area contributed by atoms with Gasteiger partial charge in [0, 0.05) is 30.8 Å². The van der Waals surface area contributed by atoms with E-state index in [0.717, 1.165) is 13.1 Å². The summed E-state index contributed by atoms with van der Waals surface area (Å²) in [6.45, 7) is 6.30. The minimum atomic E-state index is -0.942. The van der Waals surface area contributed by atoms with E-state index in [1.807, 2.05) is 13.8 Å². The Morgan fingerprint density at radius 2 is 1.82 bits per heavy atom. The number of Topliss-reactive ketones (excluding diaryl/α,β-unsaturated/α-hetero) is 1. The first-order valence-electron chi connectivity index (χ1n) is 10.7. The van der Waals surface area contributed by atoms with Crippen molar-refractivity contribution < 1.29 is 24.4 Å². The van der Waals surface area contributed by atoms with E-state index in [-0.39, 0.29) is 23.6 Å². The van der Waals surface area contributed by atoms with Gasteiger partial charge in [-0.15, -0.1) is 0 Å². The van der Waals surface area contributed by atoms with E-state index in [2.05, 4.69) is 4.90 Å². The molecule has 0 bridgehead atoms. The summed E-state index contributed by atoms with van der Waals surface area (Å²) in [5.41, 5.74) is 0.475. The first-order chi connectivity index (χ1) is 15.8.